The second-order valence-corrected chi connectivity index (χ2v) is 9.88. The summed E-state index contributed by atoms with van der Waals surface area (Å²) in [5, 5.41) is 6.59. The summed E-state index contributed by atoms with van der Waals surface area (Å²) in [5.41, 5.74) is 1.18. The molecule has 2 atom stereocenters. The van der Waals surface area contributed by atoms with Crippen molar-refractivity contribution in [3.05, 3.63) is 29.8 Å². The number of rotatable bonds is 10. The molecule has 1 saturated heterocycles. The van der Waals surface area contributed by atoms with Crippen molar-refractivity contribution in [2.24, 2.45) is 4.99 Å². The fourth-order valence-electron chi connectivity index (χ4n) is 3.34. The van der Waals surface area contributed by atoms with Crippen molar-refractivity contribution in [3.8, 4) is 5.75 Å². The van der Waals surface area contributed by atoms with Gasteiger partial charge >= 0.3 is 0 Å². The summed E-state index contributed by atoms with van der Waals surface area (Å²) in [4.78, 5) is 7.22. The Morgan fingerprint density at radius 2 is 1.93 bits per heavy atom. The second-order valence-electron chi connectivity index (χ2n) is 7.62. The van der Waals surface area contributed by atoms with Crippen LogP contribution in [-0.4, -0.2) is 83.8 Å². The highest BCUT2D eigenvalue weighted by Crippen LogP contribution is 2.24. The summed E-state index contributed by atoms with van der Waals surface area (Å²) in [6.07, 6.45) is 1.80. The van der Waals surface area contributed by atoms with Gasteiger partial charge < -0.3 is 20.1 Å². The molecule has 0 radical (unpaired) electrons. The summed E-state index contributed by atoms with van der Waals surface area (Å²) in [7, 11) is -1.31. The SMILES string of the molecule is CCNC(=NCC(c1ccc(OC)cc1)N1CCOCC1)NC(C)CCS(C)(=O)=O. The molecule has 1 aliphatic heterocycles. The molecule has 0 bridgehead atoms. The van der Waals surface area contributed by atoms with Crippen molar-refractivity contribution in [1.29, 1.82) is 0 Å². The Morgan fingerprint density at radius 1 is 1.27 bits per heavy atom. The summed E-state index contributed by atoms with van der Waals surface area (Å²) in [6.45, 7) is 8.47. The van der Waals surface area contributed by atoms with Crippen molar-refractivity contribution in [2.45, 2.75) is 32.4 Å². The topological polar surface area (TPSA) is 92.3 Å². The molecule has 1 aromatic rings. The van der Waals surface area contributed by atoms with Crippen LogP contribution in [0.1, 0.15) is 31.9 Å². The number of nitrogens with one attached hydrogen (secondary N) is 2. The number of ether oxygens (including phenoxy) is 2. The first-order valence-corrected chi connectivity index (χ1v) is 12.6. The molecule has 8 nitrogen and oxygen atoms in total. The van der Waals surface area contributed by atoms with Gasteiger partial charge in [0.25, 0.3) is 0 Å². The average Bonchev–Trinajstić information content (AvgIpc) is 2.73. The van der Waals surface area contributed by atoms with Crippen LogP contribution in [0.25, 0.3) is 0 Å². The second kappa shape index (κ2) is 12.1. The molecule has 1 fully saturated rings. The third-order valence-electron chi connectivity index (χ3n) is 5.06. The number of morpholine rings is 1. The third-order valence-corrected chi connectivity index (χ3v) is 6.04. The quantitative estimate of drug-likeness (QED) is 0.420. The van der Waals surface area contributed by atoms with Crippen molar-refractivity contribution in [2.75, 3.05) is 58.5 Å². The maximum atomic E-state index is 11.4. The standard InChI is InChI=1S/C21H36N4O4S/c1-5-22-21(24-17(2)10-15-30(4,26)27)23-16-20(25-11-13-29-14-12-25)18-6-8-19(28-3)9-7-18/h6-9,17,20H,5,10-16H2,1-4H3,(H2,22,23,24). The van der Waals surface area contributed by atoms with Gasteiger partial charge in [0.1, 0.15) is 15.6 Å². The Bertz CT molecular complexity index is 762. The van der Waals surface area contributed by atoms with E-state index in [1.807, 2.05) is 26.0 Å². The molecular formula is C21H36N4O4S. The molecule has 170 valence electrons. The maximum Gasteiger partial charge on any atom is 0.191 e. The molecule has 9 heteroatoms. The Balaban J connectivity index is 2.12. The van der Waals surface area contributed by atoms with Crippen LogP contribution in [-0.2, 0) is 14.6 Å². The van der Waals surface area contributed by atoms with E-state index in [4.69, 9.17) is 14.5 Å². The molecule has 1 aromatic carbocycles. The van der Waals surface area contributed by atoms with Crippen LogP contribution in [0.3, 0.4) is 0 Å². The first-order chi connectivity index (χ1) is 14.3. The Labute approximate surface area is 181 Å². The van der Waals surface area contributed by atoms with E-state index in [1.165, 1.54) is 11.8 Å². The lowest BCUT2D eigenvalue weighted by atomic mass is 10.0. The number of aliphatic imine (C=N–C) groups is 1. The van der Waals surface area contributed by atoms with Crippen molar-refractivity contribution in [1.82, 2.24) is 15.5 Å². The molecule has 1 aliphatic rings. The number of guanidine groups is 1. The van der Waals surface area contributed by atoms with Gasteiger partial charge in [-0.15, -0.1) is 0 Å². The van der Waals surface area contributed by atoms with E-state index in [0.29, 0.717) is 18.9 Å². The zero-order chi connectivity index (χ0) is 22.0. The lowest BCUT2D eigenvalue weighted by molar-refractivity contribution is 0.0179. The highest BCUT2D eigenvalue weighted by Gasteiger charge is 2.23. The minimum absolute atomic E-state index is 0.000322. The van der Waals surface area contributed by atoms with Gasteiger partial charge in [-0.2, -0.15) is 0 Å². The predicted molar refractivity (Wildman–Crippen MR) is 121 cm³/mol. The normalized spacial score (nSPS) is 17.9. The molecule has 2 rings (SSSR count). The van der Waals surface area contributed by atoms with Crippen LogP contribution in [0.2, 0.25) is 0 Å². The highest BCUT2D eigenvalue weighted by atomic mass is 32.2. The predicted octanol–water partition coefficient (Wildman–Crippen LogP) is 1.45. The number of nitrogens with zero attached hydrogens (tertiary/aromatic N) is 2. The molecule has 2 N–H and O–H groups in total. The van der Waals surface area contributed by atoms with E-state index in [9.17, 15) is 8.42 Å². The Hall–Kier alpha value is -1.84. The van der Waals surface area contributed by atoms with Crippen molar-refractivity contribution < 1.29 is 17.9 Å². The Morgan fingerprint density at radius 3 is 2.50 bits per heavy atom. The van der Waals surface area contributed by atoms with Crippen molar-refractivity contribution >= 4 is 15.8 Å². The van der Waals surface area contributed by atoms with E-state index < -0.39 is 9.84 Å². The summed E-state index contributed by atoms with van der Waals surface area (Å²) >= 11 is 0. The molecule has 0 aromatic heterocycles. The van der Waals surface area contributed by atoms with Gasteiger partial charge in [0.15, 0.2) is 5.96 Å². The summed E-state index contributed by atoms with van der Waals surface area (Å²) < 4.78 is 33.7. The van der Waals surface area contributed by atoms with Gasteiger partial charge in [-0.3, -0.25) is 9.89 Å². The first-order valence-electron chi connectivity index (χ1n) is 10.5. The van der Waals surface area contributed by atoms with Gasteiger partial charge in [0.05, 0.1) is 38.7 Å². The molecule has 0 saturated carbocycles. The molecule has 30 heavy (non-hydrogen) atoms. The number of hydrogen-bond acceptors (Lipinski definition) is 6. The van der Waals surface area contributed by atoms with Crippen molar-refractivity contribution in [3.63, 3.8) is 0 Å². The Kier molecular flexibility index (Phi) is 9.87. The molecule has 0 aliphatic carbocycles. The third kappa shape index (κ3) is 8.49. The number of benzene rings is 1. The molecule has 0 amide bonds. The minimum atomic E-state index is -2.98. The fraction of sp³-hybridized carbons (Fsp3) is 0.667. The summed E-state index contributed by atoms with van der Waals surface area (Å²) in [5.74, 6) is 1.69. The number of methoxy groups -OCH3 is 1. The largest absolute Gasteiger partial charge is 0.497 e. The lowest BCUT2D eigenvalue weighted by Crippen LogP contribution is -2.44. The average molecular weight is 441 g/mol. The monoisotopic (exact) mass is 440 g/mol. The first kappa shape index (κ1) is 24.4. The van der Waals surface area contributed by atoms with Crippen LogP contribution in [0.4, 0.5) is 0 Å². The maximum absolute atomic E-state index is 11.4. The van der Waals surface area contributed by atoms with E-state index in [1.54, 1.807) is 7.11 Å². The lowest BCUT2D eigenvalue weighted by Gasteiger charge is -2.34. The van der Waals surface area contributed by atoms with E-state index in [-0.39, 0.29) is 17.8 Å². The van der Waals surface area contributed by atoms with Gasteiger partial charge in [-0.05, 0) is 38.0 Å². The van der Waals surface area contributed by atoms with Gasteiger partial charge in [-0.1, -0.05) is 12.1 Å². The van der Waals surface area contributed by atoms with Crippen LogP contribution in [0.15, 0.2) is 29.3 Å². The molecule has 1 heterocycles. The summed E-state index contributed by atoms with van der Waals surface area (Å²) in [6, 6.07) is 8.25. The van der Waals surface area contributed by atoms with E-state index >= 15 is 0 Å². The number of hydrogen-bond donors (Lipinski definition) is 2. The zero-order valence-electron chi connectivity index (χ0n) is 18.6. The zero-order valence-corrected chi connectivity index (χ0v) is 19.4. The number of sulfone groups is 1. The van der Waals surface area contributed by atoms with Crippen LogP contribution in [0.5, 0.6) is 5.75 Å². The fourth-order valence-corrected chi connectivity index (χ4v) is 4.12. The minimum Gasteiger partial charge on any atom is -0.497 e. The molecule has 2 unspecified atom stereocenters. The van der Waals surface area contributed by atoms with E-state index in [2.05, 4.69) is 27.7 Å². The van der Waals surface area contributed by atoms with Gasteiger partial charge in [-0.25, -0.2) is 8.42 Å². The van der Waals surface area contributed by atoms with Crippen LogP contribution in [0, 0.1) is 0 Å². The molecule has 0 spiro atoms. The molecular weight excluding hydrogens is 404 g/mol. The van der Waals surface area contributed by atoms with Gasteiger partial charge in [0.2, 0.25) is 0 Å². The van der Waals surface area contributed by atoms with E-state index in [0.717, 1.165) is 38.6 Å². The van der Waals surface area contributed by atoms with Gasteiger partial charge in [0, 0.05) is 31.9 Å². The highest BCUT2D eigenvalue weighted by molar-refractivity contribution is 7.90. The smallest absolute Gasteiger partial charge is 0.191 e. The van der Waals surface area contributed by atoms with Crippen LogP contribution >= 0.6 is 0 Å². The van der Waals surface area contributed by atoms with Crippen LogP contribution < -0.4 is 15.4 Å².